The Hall–Kier alpha value is -1.93. The van der Waals surface area contributed by atoms with Gasteiger partial charge in [0.05, 0.1) is 5.56 Å². The molecule has 0 aliphatic rings. The molecule has 0 saturated carbocycles. The van der Waals surface area contributed by atoms with E-state index in [0.717, 1.165) is 31.4 Å². The van der Waals surface area contributed by atoms with Crippen LogP contribution in [0.2, 0.25) is 0 Å². The molecule has 2 atom stereocenters. The fourth-order valence-corrected chi connectivity index (χ4v) is 2.42. The highest BCUT2D eigenvalue weighted by molar-refractivity contribution is 5.74. The van der Waals surface area contributed by atoms with Crippen LogP contribution in [0.4, 0.5) is 31.1 Å². The molecule has 0 bridgehead atoms. The molecule has 0 spiro atoms. The summed E-state index contributed by atoms with van der Waals surface area (Å²) in [5.74, 6) is 0. The summed E-state index contributed by atoms with van der Waals surface area (Å²) in [7, 11) is 0. The monoisotopic (exact) mass is 384 g/mol. The molecule has 0 aliphatic carbocycles. The van der Waals surface area contributed by atoms with Gasteiger partial charge < -0.3 is 10.6 Å². The molecular formula is C17H22F6N2O. The summed E-state index contributed by atoms with van der Waals surface area (Å²) >= 11 is 0. The normalized spacial score (nSPS) is 14.6. The van der Waals surface area contributed by atoms with Crippen LogP contribution in [0, 0.1) is 0 Å². The minimum absolute atomic E-state index is 0.350. The van der Waals surface area contributed by atoms with E-state index in [1.54, 1.807) is 12.2 Å². The number of carbonyl (C=O) groups excluding carboxylic acids is 1. The van der Waals surface area contributed by atoms with Gasteiger partial charge in [0.2, 0.25) is 0 Å². The second-order valence-electron chi connectivity index (χ2n) is 6.11. The van der Waals surface area contributed by atoms with Gasteiger partial charge in [0.15, 0.2) is 6.04 Å². The van der Waals surface area contributed by atoms with Crippen molar-refractivity contribution < 1.29 is 31.1 Å². The fourth-order valence-electron chi connectivity index (χ4n) is 2.42. The second kappa shape index (κ2) is 9.14. The van der Waals surface area contributed by atoms with Crippen LogP contribution in [-0.4, -0.2) is 18.2 Å². The molecule has 0 aliphatic heterocycles. The van der Waals surface area contributed by atoms with E-state index < -0.39 is 35.6 Å². The van der Waals surface area contributed by atoms with Gasteiger partial charge in [-0.05, 0) is 31.0 Å². The first-order valence-corrected chi connectivity index (χ1v) is 8.26. The molecule has 1 aromatic rings. The summed E-state index contributed by atoms with van der Waals surface area (Å²) in [6.07, 6.45) is -6.40. The van der Waals surface area contributed by atoms with Crippen molar-refractivity contribution in [1.29, 1.82) is 0 Å². The highest BCUT2D eigenvalue weighted by atomic mass is 19.4. The molecule has 0 aromatic heterocycles. The smallest absolute Gasteiger partial charge is 0.336 e. The molecule has 9 heteroatoms. The maximum Gasteiger partial charge on any atom is 0.416 e. The quantitative estimate of drug-likeness (QED) is 0.468. The van der Waals surface area contributed by atoms with Crippen LogP contribution in [0.1, 0.15) is 56.7 Å². The molecular weight excluding hydrogens is 362 g/mol. The minimum atomic E-state index is -4.94. The SMILES string of the molecule is CCCCCC(C)NC(=O)N[C@H](c1cccc(C(F)(F)F)c1)C(F)(F)F. The molecule has 0 radical (unpaired) electrons. The van der Waals surface area contributed by atoms with Crippen molar-refractivity contribution in [3.63, 3.8) is 0 Å². The Balaban J connectivity index is 2.88. The summed E-state index contributed by atoms with van der Waals surface area (Å²) in [6, 6.07) is -1.11. The number of nitrogens with one attached hydrogen (secondary N) is 2. The van der Waals surface area contributed by atoms with Gasteiger partial charge in [-0.1, -0.05) is 38.3 Å². The zero-order valence-electron chi connectivity index (χ0n) is 14.5. The summed E-state index contributed by atoms with van der Waals surface area (Å²) in [5, 5.41) is 4.11. The topological polar surface area (TPSA) is 41.1 Å². The lowest BCUT2D eigenvalue weighted by atomic mass is 10.0. The van der Waals surface area contributed by atoms with Crippen molar-refractivity contribution in [2.45, 2.75) is 64.0 Å². The van der Waals surface area contributed by atoms with Gasteiger partial charge in [0.25, 0.3) is 0 Å². The van der Waals surface area contributed by atoms with E-state index in [0.29, 0.717) is 18.6 Å². The number of benzene rings is 1. The van der Waals surface area contributed by atoms with E-state index in [-0.39, 0.29) is 6.04 Å². The average Bonchev–Trinajstić information content (AvgIpc) is 2.51. The number of carbonyl (C=O) groups is 1. The molecule has 1 rings (SSSR count). The molecule has 1 unspecified atom stereocenters. The molecule has 1 aromatic carbocycles. The highest BCUT2D eigenvalue weighted by Crippen LogP contribution is 2.36. The highest BCUT2D eigenvalue weighted by Gasteiger charge is 2.43. The van der Waals surface area contributed by atoms with Gasteiger partial charge in [-0.25, -0.2) is 4.79 Å². The first-order chi connectivity index (χ1) is 11.9. The van der Waals surface area contributed by atoms with Gasteiger partial charge in [-0.3, -0.25) is 0 Å². The van der Waals surface area contributed by atoms with E-state index in [1.807, 2.05) is 6.92 Å². The third-order valence-electron chi connectivity index (χ3n) is 3.77. The van der Waals surface area contributed by atoms with Crippen molar-refractivity contribution >= 4 is 6.03 Å². The van der Waals surface area contributed by atoms with Gasteiger partial charge in [0.1, 0.15) is 0 Å². The molecule has 0 fully saturated rings. The zero-order chi connectivity index (χ0) is 20.0. The van der Waals surface area contributed by atoms with Crippen molar-refractivity contribution in [2.75, 3.05) is 0 Å². The van der Waals surface area contributed by atoms with E-state index in [1.165, 1.54) is 0 Å². The van der Waals surface area contributed by atoms with Crippen molar-refractivity contribution in [2.24, 2.45) is 0 Å². The van der Waals surface area contributed by atoms with Crippen molar-refractivity contribution in [3.8, 4) is 0 Å². The summed E-state index contributed by atoms with van der Waals surface area (Å²) in [4.78, 5) is 11.9. The Morgan fingerprint density at radius 2 is 1.73 bits per heavy atom. The standard InChI is InChI=1S/C17H22F6N2O/c1-3-4-5-7-11(2)24-15(26)25-14(17(21,22)23)12-8-6-9-13(10-12)16(18,19)20/h6,8-11,14H,3-5,7H2,1-2H3,(H2,24,25,26)/t11?,14-/m1/s1. The van der Waals surface area contributed by atoms with Gasteiger partial charge >= 0.3 is 18.4 Å². The van der Waals surface area contributed by atoms with E-state index in [4.69, 9.17) is 0 Å². The van der Waals surface area contributed by atoms with Gasteiger partial charge in [-0.2, -0.15) is 26.3 Å². The Kier molecular flexibility index (Phi) is 7.77. The van der Waals surface area contributed by atoms with Gasteiger partial charge in [0, 0.05) is 6.04 Å². The first kappa shape index (κ1) is 22.1. The third kappa shape index (κ3) is 7.13. The molecule has 0 heterocycles. The number of halogens is 6. The molecule has 26 heavy (non-hydrogen) atoms. The number of urea groups is 1. The predicted octanol–water partition coefficient (Wildman–Crippen LogP) is 5.58. The van der Waals surface area contributed by atoms with Crippen molar-refractivity contribution in [3.05, 3.63) is 35.4 Å². The molecule has 2 amide bonds. The molecule has 148 valence electrons. The molecule has 2 N–H and O–H groups in total. The minimum Gasteiger partial charge on any atom is -0.336 e. The average molecular weight is 384 g/mol. The number of unbranched alkanes of at least 4 members (excludes halogenated alkanes) is 2. The summed E-state index contributed by atoms with van der Waals surface area (Å²) in [5.41, 5.74) is -1.89. The lowest BCUT2D eigenvalue weighted by molar-refractivity contribution is -0.155. The van der Waals surface area contributed by atoms with E-state index >= 15 is 0 Å². The van der Waals surface area contributed by atoms with Crippen molar-refractivity contribution in [1.82, 2.24) is 10.6 Å². The second-order valence-corrected chi connectivity index (χ2v) is 6.11. The molecule has 3 nitrogen and oxygen atoms in total. The van der Waals surface area contributed by atoms with Crippen LogP contribution in [0.3, 0.4) is 0 Å². The van der Waals surface area contributed by atoms with Crippen LogP contribution in [0.15, 0.2) is 24.3 Å². The fraction of sp³-hybridized carbons (Fsp3) is 0.588. The number of hydrogen-bond donors (Lipinski definition) is 2. The third-order valence-corrected chi connectivity index (χ3v) is 3.77. The van der Waals surface area contributed by atoms with E-state index in [2.05, 4.69) is 5.32 Å². The van der Waals surface area contributed by atoms with Crippen LogP contribution in [0.5, 0.6) is 0 Å². The number of hydrogen-bond acceptors (Lipinski definition) is 1. The Morgan fingerprint density at radius 1 is 1.08 bits per heavy atom. The van der Waals surface area contributed by atoms with E-state index in [9.17, 15) is 31.1 Å². The number of rotatable bonds is 7. The lowest BCUT2D eigenvalue weighted by Crippen LogP contribution is -2.46. The Bertz CT molecular complexity index is 585. The summed E-state index contributed by atoms with van der Waals surface area (Å²) < 4.78 is 78.0. The van der Waals surface area contributed by atoms with Crippen LogP contribution >= 0.6 is 0 Å². The number of amides is 2. The van der Waals surface area contributed by atoms with Crippen LogP contribution < -0.4 is 10.6 Å². The zero-order valence-corrected chi connectivity index (χ0v) is 14.5. The van der Waals surface area contributed by atoms with Crippen LogP contribution in [-0.2, 0) is 6.18 Å². The molecule has 0 saturated heterocycles. The largest absolute Gasteiger partial charge is 0.416 e. The van der Waals surface area contributed by atoms with Gasteiger partial charge in [-0.15, -0.1) is 0 Å². The first-order valence-electron chi connectivity index (χ1n) is 8.26. The number of alkyl halides is 6. The Labute approximate surface area is 148 Å². The predicted molar refractivity (Wildman–Crippen MR) is 85.5 cm³/mol. The lowest BCUT2D eigenvalue weighted by Gasteiger charge is -2.24. The Morgan fingerprint density at radius 3 is 2.27 bits per heavy atom. The summed E-state index contributed by atoms with van der Waals surface area (Å²) in [6.45, 7) is 3.65. The maximum atomic E-state index is 13.3. The van der Waals surface area contributed by atoms with Crippen LogP contribution in [0.25, 0.3) is 0 Å². The maximum absolute atomic E-state index is 13.3.